The highest BCUT2D eigenvalue weighted by Crippen LogP contribution is 2.51. The molecule has 0 aromatic heterocycles. The van der Waals surface area contributed by atoms with Crippen molar-refractivity contribution in [2.24, 2.45) is 17.3 Å². The molecule has 0 amide bonds. The van der Waals surface area contributed by atoms with Crippen molar-refractivity contribution >= 4 is 5.78 Å². The van der Waals surface area contributed by atoms with Crippen LogP contribution in [0.1, 0.15) is 39.5 Å². The average molecular weight is 224 g/mol. The van der Waals surface area contributed by atoms with Crippen molar-refractivity contribution in [1.82, 2.24) is 0 Å². The SMILES string of the molecule is CC1(C)COC2(C[C@H]3CC(=O)C[C@@H]3C2)OC1. The van der Waals surface area contributed by atoms with E-state index in [1.807, 2.05) is 0 Å². The number of fused-ring (bicyclic) bond motifs is 1. The Morgan fingerprint density at radius 3 is 2.06 bits per heavy atom. The van der Waals surface area contributed by atoms with Crippen molar-refractivity contribution in [3.63, 3.8) is 0 Å². The molecule has 0 aromatic rings. The Hall–Kier alpha value is -0.410. The number of carbonyl (C=O) groups excluding carboxylic acids is 1. The second-order valence-corrected chi connectivity index (χ2v) is 6.53. The van der Waals surface area contributed by atoms with E-state index < -0.39 is 0 Å². The molecule has 90 valence electrons. The van der Waals surface area contributed by atoms with Crippen molar-refractivity contribution in [3.05, 3.63) is 0 Å². The molecule has 0 aromatic carbocycles. The quantitative estimate of drug-likeness (QED) is 0.632. The van der Waals surface area contributed by atoms with E-state index in [4.69, 9.17) is 9.47 Å². The fourth-order valence-corrected chi connectivity index (χ4v) is 3.33. The van der Waals surface area contributed by atoms with E-state index in [1.165, 1.54) is 0 Å². The molecule has 3 nitrogen and oxygen atoms in total. The third-order valence-corrected chi connectivity index (χ3v) is 4.24. The topological polar surface area (TPSA) is 35.5 Å². The van der Waals surface area contributed by atoms with Gasteiger partial charge in [-0.3, -0.25) is 4.79 Å². The van der Waals surface area contributed by atoms with E-state index >= 15 is 0 Å². The molecule has 3 aliphatic rings. The molecule has 1 aliphatic heterocycles. The molecule has 3 heteroatoms. The molecule has 2 atom stereocenters. The van der Waals surface area contributed by atoms with Crippen molar-refractivity contribution in [3.8, 4) is 0 Å². The first-order valence-electron chi connectivity index (χ1n) is 6.28. The highest BCUT2D eigenvalue weighted by molar-refractivity contribution is 5.81. The van der Waals surface area contributed by atoms with Crippen LogP contribution in [0.2, 0.25) is 0 Å². The van der Waals surface area contributed by atoms with Gasteiger partial charge >= 0.3 is 0 Å². The predicted molar refractivity (Wildman–Crippen MR) is 58.9 cm³/mol. The van der Waals surface area contributed by atoms with Crippen LogP contribution >= 0.6 is 0 Å². The second-order valence-electron chi connectivity index (χ2n) is 6.53. The zero-order chi connectivity index (χ0) is 11.4. The van der Waals surface area contributed by atoms with Crippen LogP contribution in [0, 0.1) is 17.3 Å². The molecule has 3 fully saturated rings. The largest absolute Gasteiger partial charge is 0.349 e. The molecule has 2 aliphatic carbocycles. The number of ketones is 1. The van der Waals surface area contributed by atoms with Crippen LogP contribution in [0.25, 0.3) is 0 Å². The van der Waals surface area contributed by atoms with Gasteiger partial charge in [0.15, 0.2) is 5.79 Å². The Kier molecular flexibility index (Phi) is 2.21. The summed E-state index contributed by atoms with van der Waals surface area (Å²) in [6.45, 7) is 5.89. The van der Waals surface area contributed by atoms with E-state index in [1.54, 1.807) is 0 Å². The maximum Gasteiger partial charge on any atom is 0.168 e. The van der Waals surface area contributed by atoms with Gasteiger partial charge in [-0.1, -0.05) is 13.8 Å². The zero-order valence-electron chi connectivity index (χ0n) is 10.1. The van der Waals surface area contributed by atoms with Gasteiger partial charge in [0.2, 0.25) is 0 Å². The Labute approximate surface area is 96.5 Å². The lowest BCUT2D eigenvalue weighted by atomic mass is 9.94. The molecule has 1 heterocycles. The normalized spacial score (nSPS) is 40.2. The van der Waals surface area contributed by atoms with Gasteiger partial charge in [0.25, 0.3) is 0 Å². The highest BCUT2D eigenvalue weighted by Gasteiger charge is 2.53. The van der Waals surface area contributed by atoms with Gasteiger partial charge in [-0.2, -0.15) is 0 Å². The van der Waals surface area contributed by atoms with Gasteiger partial charge in [0.05, 0.1) is 13.2 Å². The summed E-state index contributed by atoms with van der Waals surface area (Å²) in [5, 5.41) is 0. The number of carbonyl (C=O) groups is 1. The van der Waals surface area contributed by atoms with E-state index in [0.717, 1.165) is 38.9 Å². The summed E-state index contributed by atoms with van der Waals surface area (Å²) < 4.78 is 12.0. The number of rotatable bonds is 0. The monoisotopic (exact) mass is 224 g/mol. The lowest BCUT2D eigenvalue weighted by Gasteiger charge is -2.42. The Morgan fingerprint density at radius 1 is 1.06 bits per heavy atom. The molecule has 16 heavy (non-hydrogen) atoms. The van der Waals surface area contributed by atoms with Crippen molar-refractivity contribution in [1.29, 1.82) is 0 Å². The third kappa shape index (κ3) is 1.70. The minimum atomic E-state index is -0.342. The molecule has 1 spiro atoms. The van der Waals surface area contributed by atoms with Gasteiger partial charge in [-0.15, -0.1) is 0 Å². The molecule has 3 rings (SSSR count). The third-order valence-electron chi connectivity index (χ3n) is 4.24. The average Bonchev–Trinajstić information content (AvgIpc) is 2.66. The van der Waals surface area contributed by atoms with Crippen LogP contribution in [0.15, 0.2) is 0 Å². The molecule has 0 unspecified atom stereocenters. The molecule has 0 radical (unpaired) electrons. The molecule has 0 N–H and O–H groups in total. The lowest BCUT2D eigenvalue weighted by molar-refractivity contribution is -0.297. The van der Waals surface area contributed by atoms with E-state index in [2.05, 4.69) is 13.8 Å². The summed E-state index contributed by atoms with van der Waals surface area (Å²) >= 11 is 0. The summed E-state index contributed by atoms with van der Waals surface area (Å²) in [5.74, 6) is 1.13. The van der Waals surface area contributed by atoms with E-state index in [9.17, 15) is 4.79 Å². The summed E-state index contributed by atoms with van der Waals surface area (Å²) in [5.41, 5.74) is 0.138. The molecular formula is C13H20O3. The minimum Gasteiger partial charge on any atom is -0.349 e. The van der Waals surface area contributed by atoms with Gasteiger partial charge in [0, 0.05) is 31.1 Å². The van der Waals surface area contributed by atoms with Crippen LogP contribution in [0.3, 0.4) is 0 Å². The summed E-state index contributed by atoms with van der Waals surface area (Å²) in [7, 11) is 0. The molecule has 1 saturated heterocycles. The second kappa shape index (κ2) is 3.30. The van der Waals surface area contributed by atoms with Gasteiger partial charge in [-0.25, -0.2) is 0 Å². The Bertz CT molecular complexity index is 293. The van der Waals surface area contributed by atoms with Gasteiger partial charge in [-0.05, 0) is 11.8 Å². The summed E-state index contributed by atoms with van der Waals surface area (Å²) in [6.07, 6.45) is 3.37. The first-order chi connectivity index (χ1) is 7.48. The summed E-state index contributed by atoms with van der Waals surface area (Å²) in [6, 6.07) is 0. The number of Topliss-reactive ketones (excluding diaryl/α,β-unsaturated/α-hetero) is 1. The minimum absolute atomic E-state index is 0.138. The number of ether oxygens (including phenoxy) is 2. The van der Waals surface area contributed by atoms with Crippen LogP contribution in [-0.4, -0.2) is 24.8 Å². The Morgan fingerprint density at radius 2 is 1.56 bits per heavy atom. The maximum absolute atomic E-state index is 11.3. The standard InChI is InChI=1S/C13H20O3/c1-12(2)7-15-13(16-8-12)5-9-3-11(14)4-10(9)6-13/h9-10H,3-8H2,1-2H3/t9-,10-/m1/s1. The first-order valence-corrected chi connectivity index (χ1v) is 6.28. The molecule has 0 bridgehead atoms. The van der Waals surface area contributed by atoms with Gasteiger partial charge < -0.3 is 9.47 Å². The number of hydrogen-bond acceptors (Lipinski definition) is 3. The summed E-state index contributed by atoms with van der Waals surface area (Å²) in [4.78, 5) is 11.3. The van der Waals surface area contributed by atoms with Crippen LogP contribution in [0.4, 0.5) is 0 Å². The van der Waals surface area contributed by atoms with Crippen LogP contribution < -0.4 is 0 Å². The zero-order valence-corrected chi connectivity index (χ0v) is 10.1. The Balaban J connectivity index is 1.68. The predicted octanol–water partition coefficient (Wildman–Crippen LogP) is 2.14. The lowest BCUT2D eigenvalue weighted by Crippen LogP contribution is -2.46. The highest BCUT2D eigenvalue weighted by atomic mass is 16.7. The maximum atomic E-state index is 11.3. The first kappa shape index (κ1) is 10.7. The number of hydrogen-bond donors (Lipinski definition) is 0. The van der Waals surface area contributed by atoms with Crippen LogP contribution in [-0.2, 0) is 14.3 Å². The van der Waals surface area contributed by atoms with Crippen LogP contribution in [0.5, 0.6) is 0 Å². The fraction of sp³-hybridized carbons (Fsp3) is 0.923. The van der Waals surface area contributed by atoms with Crippen molar-refractivity contribution < 1.29 is 14.3 Å². The van der Waals surface area contributed by atoms with E-state index in [-0.39, 0.29) is 11.2 Å². The molecule has 2 saturated carbocycles. The van der Waals surface area contributed by atoms with Crippen molar-refractivity contribution in [2.45, 2.75) is 45.3 Å². The van der Waals surface area contributed by atoms with E-state index in [0.29, 0.717) is 17.6 Å². The smallest absolute Gasteiger partial charge is 0.168 e. The van der Waals surface area contributed by atoms with Gasteiger partial charge in [0.1, 0.15) is 5.78 Å². The molecular weight excluding hydrogens is 204 g/mol. The van der Waals surface area contributed by atoms with Crippen molar-refractivity contribution in [2.75, 3.05) is 13.2 Å². The fourth-order valence-electron chi connectivity index (χ4n) is 3.33.